The number of ether oxygens (including phenoxy) is 1. The Labute approximate surface area is 161 Å². The molecular formula is C20H28N2O4S. The molecule has 1 aromatic carbocycles. The molecule has 0 N–H and O–H groups in total. The fourth-order valence-corrected chi connectivity index (χ4v) is 5.51. The molecule has 7 heteroatoms. The van der Waals surface area contributed by atoms with Gasteiger partial charge >= 0.3 is 0 Å². The van der Waals surface area contributed by atoms with Crippen LogP contribution in [0.3, 0.4) is 0 Å². The number of aryl methyl sites for hydroxylation is 1. The number of carbonyl (C=O) groups is 1. The van der Waals surface area contributed by atoms with Crippen molar-refractivity contribution in [3.05, 3.63) is 29.8 Å². The zero-order valence-corrected chi connectivity index (χ0v) is 16.7. The lowest BCUT2D eigenvalue weighted by Gasteiger charge is -2.45. The molecule has 1 spiro atoms. The number of likely N-dealkylation sites (tertiary alicyclic amines) is 1. The summed E-state index contributed by atoms with van der Waals surface area (Å²) in [6, 6.07) is 8.24. The normalized spacial score (nSPS) is 23.7. The number of benzene rings is 1. The van der Waals surface area contributed by atoms with Crippen LogP contribution < -0.4 is 4.74 Å². The Morgan fingerprint density at radius 1 is 1.07 bits per heavy atom. The van der Waals surface area contributed by atoms with Gasteiger partial charge in [-0.2, -0.15) is 0 Å². The van der Waals surface area contributed by atoms with Crippen LogP contribution in [-0.2, 0) is 21.2 Å². The number of amides is 1. The number of piperidine rings is 2. The van der Waals surface area contributed by atoms with E-state index in [1.807, 2.05) is 17.0 Å². The highest BCUT2D eigenvalue weighted by Gasteiger charge is 2.41. The highest BCUT2D eigenvalue weighted by molar-refractivity contribution is 7.88. The second-order valence-electron chi connectivity index (χ2n) is 8.15. The first kappa shape index (κ1) is 18.7. The Morgan fingerprint density at radius 2 is 1.74 bits per heavy atom. The molecule has 1 aromatic rings. The zero-order valence-electron chi connectivity index (χ0n) is 15.9. The zero-order chi connectivity index (χ0) is 19.1. The predicted octanol–water partition coefficient (Wildman–Crippen LogP) is 2.04. The van der Waals surface area contributed by atoms with E-state index in [4.69, 9.17) is 4.74 Å². The van der Waals surface area contributed by atoms with Crippen LogP contribution in [0.1, 0.15) is 37.7 Å². The molecule has 0 radical (unpaired) electrons. The Hall–Kier alpha value is -1.60. The smallest absolute Gasteiger partial charge is 0.225 e. The third kappa shape index (κ3) is 3.85. The van der Waals surface area contributed by atoms with E-state index in [1.54, 1.807) is 0 Å². The SMILES string of the molecule is CS(=O)(=O)N1CCC(C(=O)N2CCC3(CCc4ccccc4O3)CC2)CC1. The van der Waals surface area contributed by atoms with Gasteiger partial charge < -0.3 is 9.64 Å². The molecule has 0 unspecified atom stereocenters. The van der Waals surface area contributed by atoms with Crippen molar-refractivity contribution in [1.82, 2.24) is 9.21 Å². The summed E-state index contributed by atoms with van der Waals surface area (Å²) in [4.78, 5) is 14.9. The van der Waals surface area contributed by atoms with Gasteiger partial charge in [0, 0.05) is 44.9 Å². The quantitative estimate of drug-likeness (QED) is 0.773. The first-order valence-corrected chi connectivity index (χ1v) is 11.7. The summed E-state index contributed by atoms with van der Waals surface area (Å²) in [6.07, 6.45) is 6.27. The van der Waals surface area contributed by atoms with Crippen LogP contribution in [0.4, 0.5) is 0 Å². The summed E-state index contributed by atoms with van der Waals surface area (Å²) in [5.74, 6) is 1.14. The molecule has 148 valence electrons. The lowest BCUT2D eigenvalue weighted by Crippen LogP contribution is -2.53. The summed E-state index contributed by atoms with van der Waals surface area (Å²) < 4.78 is 31.1. The fraction of sp³-hybridized carbons (Fsp3) is 0.650. The Bertz CT molecular complexity index is 807. The van der Waals surface area contributed by atoms with E-state index in [2.05, 4.69) is 12.1 Å². The van der Waals surface area contributed by atoms with Gasteiger partial charge in [-0.3, -0.25) is 4.79 Å². The van der Waals surface area contributed by atoms with Crippen LogP contribution >= 0.6 is 0 Å². The lowest BCUT2D eigenvalue weighted by atomic mass is 9.82. The molecule has 3 aliphatic rings. The van der Waals surface area contributed by atoms with Crippen LogP contribution in [0.25, 0.3) is 0 Å². The fourth-order valence-electron chi connectivity index (χ4n) is 4.64. The van der Waals surface area contributed by atoms with Gasteiger partial charge in [0.1, 0.15) is 11.4 Å². The Kier molecular flexibility index (Phi) is 4.93. The average molecular weight is 393 g/mol. The second-order valence-corrected chi connectivity index (χ2v) is 10.1. The summed E-state index contributed by atoms with van der Waals surface area (Å²) in [5, 5.41) is 0. The van der Waals surface area contributed by atoms with Crippen molar-refractivity contribution < 1.29 is 17.9 Å². The molecule has 4 rings (SSSR count). The molecular weight excluding hydrogens is 364 g/mol. The van der Waals surface area contributed by atoms with E-state index in [0.29, 0.717) is 25.9 Å². The van der Waals surface area contributed by atoms with Crippen molar-refractivity contribution in [3.63, 3.8) is 0 Å². The third-order valence-electron chi connectivity index (χ3n) is 6.41. The van der Waals surface area contributed by atoms with E-state index in [9.17, 15) is 13.2 Å². The summed E-state index contributed by atoms with van der Waals surface area (Å²) in [7, 11) is -3.15. The van der Waals surface area contributed by atoms with Gasteiger partial charge in [0.05, 0.1) is 6.26 Å². The van der Waals surface area contributed by atoms with E-state index in [0.717, 1.165) is 44.5 Å². The van der Waals surface area contributed by atoms with Crippen LogP contribution in [0, 0.1) is 5.92 Å². The maximum atomic E-state index is 12.9. The van der Waals surface area contributed by atoms with Crippen molar-refractivity contribution >= 4 is 15.9 Å². The monoisotopic (exact) mass is 392 g/mol. The molecule has 2 saturated heterocycles. The minimum atomic E-state index is -3.15. The third-order valence-corrected chi connectivity index (χ3v) is 7.71. The number of sulfonamides is 1. The minimum absolute atomic E-state index is 0.0509. The molecule has 0 bridgehead atoms. The molecule has 27 heavy (non-hydrogen) atoms. The van der Waals surface area contributed by atoms with E-state index < -0.39 is 10.0 Å². The lowest BCUT2D eigenvalue weighted by molar-refractivity contribution is -0.140. The standard InChI is InChI=1S/C20H28N2O4S/c1-27(24,25)22-12-7-17(8-13-22)19(23)21-14-10-20(11-15-21)9-6-16-4-2-3-5-18(16)26-20/h2-5,17H,6-15H2,1H3. The molecule has 1 amide bonds. The van der Waals surface area contributed by atoms with Gasteiger partial charge in [-0.15, -0.1) is 0 Å². The molecule has 0 saturated carbocycles. The van der Waals surface area contributed by atoms with E-state index >= 15 is 0 Å². The van der Waals surface area contributed by atoms with Crippen molar-refractivity contribution in [3.8, 4) is 5.75 Å². The number of rotatable bonds is 2. The number of para-hydroxylation sites is 1. The minimum Gasteiger partial charge on any atom is -0.487 e. The molecule has 2 fully saturated rings. The van der Waals surface area contributed by atoms with Gasteiger partial charge in [0.2, 0.25) is 15.9 Å². The first-order chi connectivity index (χ1) is 12.9. The number of fused-ring (bicyclic) bond motifs is 1. The van der Waals surface area contributed by atoms with Crippen LogP contribution in [-0.4, -0.2) is 61.6 Å². The topological polar surface area (TPSA) is 66.9 Å². The van der Waals surface area contributed by atoms with E-state index in [1.165, 1.54) is 16.1 Å². The number of hydrogen-bond acceptors (Lipinski definition) is 4. The maximum Gasteiger partial charge on any atom is 0.225 e. The second kappa shape index (κ2) is 7.09. The van der Waals surface area contributed by atoms with Crippen molar-refractivity contribution in [1.29, 1.82) is 0 Å². The summed E-state index contributed by atoms with van der Waals surface area (Å²) >= 11 is 0. The molecule has 3 heterocycles. The Balaban J connectivity index is 1.33. The molecule has 3 aliphatic heterocycles. The maximum absolute atomic E-state index is 12.9. The average Bonchev–Trinajstić information content (AvgIpc) is 2.67. The number of hydrogen-bond donors (Lipinski definition) is 0. The predicted molar refractivity (Wildman–Crippen MR) is 103 cm³/mol. The van der Waals surface area contributed by atoms with Gasteiger partial charge in [-0.1, -0.05) is 18.2 Å². The molecule has 0 aliphatic carbocycles. The summed E-state index contributed by atoms with van der Waals surface area (Å²) in [6.45, 7) is 2.36. The summed E-state index contributed by atoms with van der Waals surface area (Å²) in [5.41, 5.74) is 1.14. The highest BCUT2D eigenvalue weighted by atomic mass is 32.2. The van der Waals surface area contributed by atoms with Crippen LogP contribution in [0.15, 0.2) is 24.3 Å². The largest absolute Gasteiger partial charge is 0.487 e. The highest BCUT2D eigenvalue weighted by Crippen LogP contribution is 2.39. The van der Waals surface area contributed by atoms with Crippen molar-refractivity contribution in [2.45, 2.75) is 44.1 Å². The van der Waals surface area contributed by atoms with Crippen LogP contribution in [0.2, 0.25) is 0 Å². The number of nitrogens with zero attached hydrogens (tertiary/aromatic N) is 2. The molecule has 0 aromatic heterocycles. The van der Waals surface area contributed by atoms with E-state index in [-0.39, 0.29) is 17.4 Å². The van der Waals surface area contributed by atoms with Crippen molar-refractivity contribution in [2.75, 3.05) is 32.4 Å². The Morgan fingerprint density at radius 3 is 2.41 bits per heavy atom. The van der Waals surface area contributed by atoms with Gasteiger partial charge in [0.25, 0.3) is 0 Å². The van der Waals surface area contributed by atoms with Gasteiger partial charge in [-0.05, 0) is 37.3 Å². The number of carbonyl (C=O) groups excluding carboxylic acids is 1. The van der Waals surface area contributed by atoms with Crippen LogP contribution in [0.5, 0.6) is 5.75 Å². The van der Waals surface area contributed by atoms with Crippen molar-refractivity contribution in [2.24, 2.45) is 5.92 Å². The first-order valence-electron chi connectivity index (χ1n) is 9.87. The molecule has 0 atom stereocenters. The molecule has 6 nitrogen and oxygen atoms in total. The van der Waals surface area contributed by atoms with Gasteiger partial charge in [0.15, 0.2) is 0 Å². The van der Waals surface area contributed by atoms with Gasteiger partial charge in [-0.25, -0.2) is 12.7 Å².